The Morgan fingerprint density at radius 1 is 1.33 bits per heavy atom. The first-order chi connectivity index (χ1) is 8.49. The number of benzene rings is 1. The van der Waals surface area contributed by atoms with E-state index in [2.05, 4.69) is 9.97 Å². The molecule has 1 heterocycles. The van der Waals surface area contributed by atoms with Crippen LogP contribution in [0.25, 0.3) is 11.3 Å². The van der Waals surface area contributed by atoms with Crippen LogP contribution in [-0.4, -0.2) is 21.0 Å². The summed E-state index contributed by atoms with van der Waals surface area (Å²) in [6.45, 7) is 3.39. The molecule has 94 valence electrons. The van der Waals surface area contributed by atoms with Gasteiger partial charge in [0.2, 0.25) is 0 Å². The summed E-state index contributed by atoms with van der Waals surface area (Å²) in [4.78, 5) is 18.5. The molecular formula is C14H16N2O2. The number of aromatic nitrogens is 2. The van der Waals surface area contributed by atoms with Crippen LogP contribution in [0.15, 0.2) is 36.5 Å². The molecular weight excluding hydrogens is 228 g/mol. The zero-order valence-electron chi connectivity index (χ0n) is 10.5. The zero-order chi connectivity index (χ0) is 13.2. The van der Waals surface area contributed by atoms with Gasteiger partial charge in [-0.1, -0.05) is 30.3 Å². The number of hydrogen-bond donors (Lipinski definition) is 2. The van der Waals surface area contributed by atoms with E-state index in [9.17, 15) is 4.79 Å². The van der Waals surface area contributed by atoms with Crippen LogP contribution in [0.5, 0.6) is 0 Å². The van der Waals surface area contributed by atoms with E-state index in [0.29, 0.717) is 12.2 Å². The first-order valence-corrected chi connectivity index (χ1v) is 5.82. The van der Waals surface area contributed by atoms with Gasteiger partial charge in [0.25, 0.3) is 0 Å². The van der Waals surface area contributed by atoms with Gasteiger partial charge in [0.15, 0.2) is 0 Å². The van der Waals surface area contributed by atoms with Crippen LogP contribution in [0.4, 0.5) is 0 Å². The molecule has 0 saturated heterocycles. The Kier molecular flexibility index (Phi) is 3.19. The van der Waals surface area contributed by atoms with Crippen molar-refractivity contribution in [3.05, 3.63) is 42.4 Å². The number of nitrogens with zero attached hydrogens (tertiary/aromatic N) is 1. The van der Waals surface area contributed by atoms with Crippen molar-refractivity contribution in [1.29, 1.82) is 0 Å². The maximum atomic E-state index is 11.1. The van der Waals surface area contributed by atoms with Crippen LogP contribution in [-0.2, 0) is 11.2 Å². The standard InChI is InChI=1S/C14H16N2O2/c1-14(2,13(17)18)8-12-15-9-11(16-12)10-6-4-3-5-7-10/h3-7,9H,8H2,1-2H3,(H,15,16)(H,17,18). The summed E-state index contributed by atoms with van der Waals surface area (Å²) in [5, 5.41) is 9.08. The monoisotopic (exact) mass is 244 g/mol. The minimum Gasteiger partial charge on any atom is -0.481 e. The first kappa shape index (κ1) is 12.4. The topological polar surface area (TPSA) is 66.0 Å². The van der Waals surface area contributed by atoms with E-state index in [1.165, 1.54) is 0 Å². The molecule has 0 atom stereocenters. The Bertz CT molecular complexity index is 544. The van der Waals surface area contributed by atoms with Crippen LogP contribution in [0, 0.1) is 5.41 Å². The summed E-state index contributed by atoms with van der Waals surface area (Å²) < 4.78 is 0. The summed E-state index contributed by atoms with van der Waals surface area (Å²) in [5.41, 5.74) is 1.14. The lowest BCUT2D eigenvalue weighted by Gasteiger charge is -2.16. The van der Waals surface area contributed by atoms with Gasteiger partial charge in [-0.25, -0.2) is 4.98 Å². The predicted molar refractivity (Wildman–Crippen MR) is 69.1 cm³/mol. The lowest BCUT2D eigenvalue weighted by Crippen LogP contribution is -2.26. The van der Waals surface area contributed by atoms with E-state index < -0.39 is 11.4 Å². The minimum atomic E-state index is -0.819. The lowest BCUT2D eigenvalue weighted by atomic mass is 9.89. The van der Waals surface area contributed by atoms with Gasteiger partial charge < -0.3 is 10.1 Å². The third kappa shape index (κ3) is 2.59. The van der Waals surface area contributed by atoms with Gasteiger partial charge in [-0.2, -0.15) is 0 Å². The predicted octanol–water partition coefficient (Wildman–Crippen LogP) is 2.73. The van der Waals surface area contributed by atoms with Gasteiger partial charge in [0, 0.05) is 6.42 Å². The number of aliphatic carboxylic acids is 1. The maximum absolute atomic E-state index is 11.1. The van der Waals surface area contributed by atoms with Crippen molar-refractivity contribution >= 4 is 5.97 Å². The molecule has 0 aliphatic carbocycles. The molecule has 2 aromatic rings. The van der Waals surface area contributed by atoms with E-state index in [1.807, 2.05) is 30.3 Å². The van der Waals surface area contributed by atoms with Gasteiger partial charge in [0.05, 0.1) is 17.3 Å². The fourth-order valence-electron chi connectivity index (χ4n) is 1.71. The smallest absolute Gasteiger partial charge is 0.309 e. The third-order valence-electron chi connectivity index (χ3n) is 2.90. The Morgan fingerprint density at radius 3 is 2.61 bits per heavy atom. The van der Waals surface area contributed by atoms with Crippen molar-refractivity contribution in [2.45, 2.75) is 20.3 Å². The van der Waals surface area contributed by atoms with Crippen molar-refractivity contribution < 1.29 is 9.90 Å². The van der Waals surface area contributed by atoms with E-state index in [1.54, 1.807) is 20.0 Å². The van der Waals surface area contributed by atoms with Gasteiger partial charge in [0.1, 0.15) is 5.82 Å². The second kappa shape index (κ2) is 4.64. The number of hydrogen-bond acceptors (Lipinski definition) is 2. The van der Waals surface area contributed by atoms with Crippen LogP contribution in [0.3, 0.4) is 0 Å². The van der Waals surface area contributed by atoms with Gasteiger partial charge in [-0.15, -0.1) is 0 Å². The Labute approximate surface area is 106 Å². The van der Waals surface area contributed by atoms with E-state index >= 15 is 0 Å². The molecule has 0 spiro atoms. The van der Waals surface area contributed by atoms with Crippen molar-refractivity contribution in [2.24, 2.45) is 5.41 Å². The number of rotatable bonds is 4. The quantitative estimate of drug-likeness (QED) is 0.869. The second-order valence-electron chi connectivity index (χ2n) is 4.98. The molecule has 2 rings (SSSR count). The maximum Gasteiger partial charge on any atom is 0.309 e. The minimum absolute atomic E-state index is 0.384. The molecule has 0 bridgehead atoms. The molecule has 0 radical (unpaired) electrons. The average Bonchev–Trinajstić information content (AvgIpc) is 2.78. The van der Waals surface area contributed by atoms with Crippen molar-refractivity contribution in [3.8, 4) is 11.3 Å². The molecule has 0 aliphatic rings. The SMILES string of the molecule is CC(C)(Cc1ncc(-c2ccccc2)[nH]1)C(=O)O. The summed E-state index contributed by atoms with van der Waals surface area (Å²) in [6, 6.07) is 9.83. The summed E-state index contributed by atoms with van der Waals surface area (Å²) in [6.07, 6.45) is 2.12. The van der Waals surface area contributed by atoms with Crippen molar-refractivity contribution in [3.63, 3.8) is 0 Å². The molecule has 0 amide bonds. The summed E-state index contributed by atoms with van der Waals surface area (Å²) >= 11 is 0. The summed E-state index contributed by atoms with van der Waals surface area (Å²) in [5.74, 6) is -0.124. The molecule has 0 aliphatic heterocycles. The third-order valence-corrected chi connectivity index (χ3v) is 2.90. The highest BCUT2D eigenvalue weighted by molar-refractivity contribution is 5.73. The molecule has 1 aromatic carbocycles. The molecule has 4 nitrogen and oxygen atoms in total. The highest BCUT2D eigenvalue weighted by atomic mass is 16.4. The average molecular weight is 244 g/mol. The van der Waals surface area contributed by atoms with Crippen LogP contribution < -0.4 is 0 Å². The molecule has 18 heavy (non-hydrogen) atoms. The number of carboxylic acids is 1. The van der Waals surface area contributed by atoms with Gasteiger partial charge >= 0.3 is 5.97 Å². The van der Waals surface area contributed by atoms with E-state index in [-0.39, 0.29) is 0 Å². The van der Waals surface area contributed by atoms with Crippen molar-refractivity contribution in [1.82, 2.24) is 9.97 Å². The molecule has 0 saturated carbocycles. The fraction of sp³-hybridized carbons (Fsp3) is 0.286. The number of aromatic amines is 1. The Morgan fingerprint density at radius 2 is 2.00 bits per heavy atom. The molecule has 2 N–H and O–H groups in total. The zero-order valence-corrected chi connectivity index (χ0v) is 10.5. The number of nitrogens with one attached hydrogen (secondary N) is 1. The number of imidazole rings is 1. The molecule has 0 unspecified atom stereocenters. The van der Waals surface area contributed by atoms with Gasteiger partial charge in [-0.3, -0.25) is 4.79 Å². The highest BCUT2D eigenvalue weighted by Crippen LogP contribution is 2.22. The normalized spacial score (nSPS) is 11.4. The number of carboxylic acid groups (broad SMARTS) is 1. The Hall–Kier alpha value is -2.10. The Balaban J connectivity index is 2.19. The highest BCUT2D eigenvalue weighted by Gasteiger charge is 2.28. The second-order valence-corrected chi connectivity index (χ2v) is 4.98. The number of H-pyrrole nitrogens is 1. The fourth-order valence-corrected chi connectivity index (χ4v) is 1.71. The summed E-state index contributed by atoms with van der Waals surface area (Å²) in [7, 11) is 0. The van der Waals surface area contributed by atoms with Crippen molar-refractivity contribution in [2.75, 3.05) is 0 Å². The van der Waals surface area contributed by atoms with Crippen LogP contribution in [0.2, 0.25) is 0 Å². The van der Waals surface area contributed by atoms with Crippen LogP contribution in [0.1, 0.15) is 19.7 Å². The molecule has 1 aromatic heterocycles. The first-order valence-electron chi connectivity index (χ1n) is 5.82. The largest absolute Gasteiger partial charge is 0.481 e. The van der Waals surface area contributed by atoms with E-state index in [4.69, 9.17) is 5.11 Å². The molecule has 0 fully saturated rings. The lowest BCUT2D eigenvalue weighted by molar-refractivity contribution is -0.146. The number of carbonyl (C=O) groups is 1. The van der Waals surface area contributed by atoms with E-state index in [0.717, 1.165) is 11.3 Å². The van der Waals surface area contributed by atoms with Crippen LogP contribution >= 0.6 is 0 Å². The van der Waals surface area contributed by atoms with Gasteiger partial charge in [-0.05, 0) is 19.4 Å². The molecule has 4 heteroatoms.